The van der Waals surface area contributed by atoms with Crippen LogP contribution in [0.25, 0.3) is 0 Å². The van der Waals surface area contributed by atoms with Gasteiger partial charge in [-0.1, -0.05) is 6.42 Å². The molecule has 3 rings (SSSR count). The predicted molar refractivity (Wildman–Crippen MR) is 76.8 cm³/mol. The van der Waals surface area contributed by atoms with Crippen LogP contribution in [-0.4, -0.2) is 40.0 Å². The Bertz CT molecular complexity index is 650. The van der Waals surface area contributed by atoms with E-state index in [1.807, 2.05) is 10.8 Å². The number of aryl methyl sites for hydroxylation is 1. The summed E-state index contributed by atoms with van der Waals surface area (Å²) >= 11 is 0. The lowest BCUT2D eigenvalue weighted by Crippen LogP contribution is -2.30. The Kier molecular flexibility index (Phi) is 3.77. The van der Waals surface area contributed by atoms with E-state index in [1.165, 1.54) is 0 Å². The maximum atomic E-state index is 12.1. The molecule has 0 aliphatic carbocycles. The number of rotatable bonds is 3. The predicted octanol–water partition coefficient (Wildman–Crippen LogP) is 1.04. The quantitative estimate of drug-likeness (QED) is 0.900. The molecule has 1 fully saturated rings. The van der Waals surface area contributed by atoms with E-state index in [-0.39, 0.29) is 16.9 Å². The van der Waals surface area contributed by atoms with Gasteiger partial charge < -0.3 is 9.67 Å². The van der Waals surface area contributed by atoms with Crippen molar-refractivity contribution >= 4 is 15.8 Å². The Labute approximate surface area is 124 Å². The summed E-state index contributed by atoms with van der Waals surface area (Å²) in [7, 11) is -2.99. The molecular weight excluding hydrogens is 292 g/mol. The highest BCUT2D eigenvalue weighted by Gasteiger charge is 2.31. The number of sulfone groups is 1. The Hall–Kier alpha value is -1.37. The first-order chi connectivity index (χ1) is 9.95. The highest BCUT2D eigenvalue weighted by molar-refractivity contribution is 7.92. The molecule has 0 spiro atoms. The third-order valence-electron chi connectivity index (χ3n) is 4.54. The van der Waals surface area contributed by atoms with Crippen molar-refractivity contribution in [2.24, 2.45) is 5.92 Å². The molecule has 0 saturated carbocycles. The summed E-state index contributed by atoms with van der Waals surface area (Å²) in [6.07, 6.45) is 5.98. The Balaban J connectivity index is 1.75. The van der Waals surface area contributed by atoms with Crippen LogP contribution >= 0.6 is 0 Å². The van der Waals surface area contributed by atoms with Crippen LogP contribution in [-0.2, 0) is 34.0 Å². The topological polar surface area (TPSA) is 89.3 Å². The van der Waals surface area contributed by atoms with Gasteiger partial charge in [-0.15, -0.1) is 0 Å². The van der Waals surface area contributed by atoms with E-state index in [4.69, 9.17) is 5.11 Å². The van der Waals surface area contributed by atoms with Gasteiger partial charge in [0.25, 0.3) is 0 Å². The molecule has 1 N–H and O–H groups in total. The summed E-state index contributed by atoms with van der Waals surface area (Å²) in [4.78, 5) is 15.6. The van der Waals surface area contributed by atoms with Crippen LogP contribution in [0.5, 0.6) is 0 Å². The number of fused-ring (bicyclic) bond motifs is 1. The zero-order valence-corrected chi connectivity index (χ0v) is 12.7. The van der Waals surface area contributed by atoms with Gasteiger partial charge in [-0.2, -0.15) is 0 Å². The third kappa shape index (κ3) is 2.97. The van der Waals surface area contributed by atoms with Crippen molar-refractivity contribution in [1.82, 2.24) is 9.55 Å². The number of nitrogens with zero attached hydrogens (tertiary/aromatic N) is 2. The number of aromatic nitrogens is 2. The highest BCUT2D eigenvalue weighted by Crippen LogP contribution is 2.25. The highest BCUT2D eigenvalue weighted by atomic mass is 32.2. The molecule has 2 aliphatic rings. The Morgan fingerprint density at radius 3 is 2.90 bits per heavy atom. The van der Waals surface area contributed by atoms with Gasteiger partial charge in [-0.25, -0.2) is 13.4 Å². The van der Waals surface area contributed by atoms with Gasteiger partial charge in [0.2, 0.25) is 0 Å². The van der Waals surface area contributed by atoms with Crippen molar-refractivity contribution in [2.75, 3.05) is 5.75 Å². The fraction of sp³-hybridized carbons (Fsp3) is 0.714. The minimum Gasteiger partial charge on any atom is -0.481 e. The van der Waals surface area contributed by atoms with E-state index >= 15 is 0 Å². The number of imidazole rings is 1. The van der Waals surface area contributed by atoms with Crippen LogP contribution in [0.2, 0.25) is 0 Å². The van der Waals surface area contributed by atoms with Crippen LogP contribution < -0.4 is 0 Å². The van der Waals surface area contributed by atoms with E-state index < -0.39 is 15.8 Å². The average Bonchev–Trinajstić information content (AvgIpc) is 2.82. The van der Waals surface area contributed by atoms with E-state index in [1.54, 1.807) is 0 Å². The molecule has 2 unspecified atom stereocenters. The standard InChI is InChI=1S/C14H20N2O4S/c17-14(18)10-4-5-13-15-11(9-16(13)8-10)7-12-3-1-2-6-21(12,19)20/h9-10,12H,1-8H2,(H,17,18). The van der Waals surface area contributed by atoms with Gasteiger partial charge in [-0.3, -0.25) is 4.79 Å². The first-order valence-corrected chi connectivity index (χ1v) is 9.16. The molecule has 7 heteroatoms. The maximum Gasteiger partial charge on any atom is 0.308 e. The summed E-state index contributed by atoms with van der Waals surface area (Å²) in [5, 5.41) is 8.77. The van der Waals surface area contributed by atoms with Crippen molar-refractivity contribution in [3.63, 3.8) is 0 Å². The second-order valence-corrected chi connectivity index (χ2v) is 8.46. The van der Waals surface area contributed by atoms with Crippen LogP contribution in [0.1, 0.15) is 37.2 Å². The van der Waals surface area contributed by atoms with Crippen LogP contribution in [0.4, 0.5) is 0 Å². The van der Waals surface area contributed by atoms with Crippen molar-refractivity contribution in [3.05, 3.63) is 17.7 Å². The van der Waals surface area contributed by atoms with Gasteiger partial charge in [0.15, 0.2) is 9.84 Å². The van der Waals surface area contributed by atoms with Crippen molar-refractivity contribution in [1.29, 1.82) is 0 Å². The van der Waals surface area contributed by atoms with Gasteiger partial charge in [0, 0.05) is 25.6 Å². The smallest absolute Gasteiger partial charge is 0.308 e. The van der Waals surface area contributed by atoms with Gasteiger partial charge in [0.1, 0.15) is 5.82 Å². The maximum absolute atomic E-state index is 12.1. The number of carboxylic acid groups (broad SMARTS) is 1. The zero-order chi connectivity index (χ0) is 15.0. The normalized spacial score (nSPS) is 28.0. The molecule has 0 amide bonds. The summed E-state index contributed by atoms with van der Waals surface area (Å²) < 4.78 is 26.0. The van der Waals surface area contributed by atoms with E-state index in [2.05, 4.69) is 4.98 Å². The van der Waals surface area contributed by atoms with Crippen LogP contribution in [0.15, 0.2) is 6.20 Å². The fourth-order valence-corrected chi connectivity index (χ4v) is 5.18. The van der Waals surface area contributed by atoms with E-state index in [9.17, 15) is 13.2 Å². The molecule has 0 bridgehead atoms. The Morgan fingerprint density at radius 2 is 2.19 bits per heavy atom. The minimum atomic E-state index is -2.99. The SMILES string of the molecule is O=C(O)C1CCc2nc(CC3CCCCS3(=O)=O)cn2C1. The third-order valence-corrected chi connectivity index (χ3v) is 6.82. The average molecular weight is 312 g/mol. The molecule has 1 aromatic rings. The van der Waals surface area contributed by atoms with Crippen molar-refractivity contribution < 1.29 is 18.3 Å². The van der Waals surface area contributed by atoms with Gasteiger partial charge >= 0.3 is 5.97 Å². The number of hydrogen-bond acceptors (Lipinski definition) is 4. The summed E-state index contributed by atoms with van der Waals surface area (Å²) in [6.45, 7) is 0.440. The summed E-state index contributed by atoms with van der Waals surface area (Å²) in [6, 6.07) is 0. The molecular formula is C14H20N2O4S. The fourth-order valence-electron chi connectivity index (χ4n) is 3.29. The molecule has 2 atom stereocenters. The van der Waals surface area contributed by atoms with Crippen molar-refractivity contribution in [3.8, 4) is 0 Å². The molecule has 21 heavy (non-hydrogen) atoms. The van der Waals surface area contributed by atoms with Crippen molar-refractivity contribution in [2.45, 2.75) is 50.3 Å². The molecule has 6 nitrogen and oxygen atoms in total. The lowest BCUT2D eigenvalue weighted by molar-refractivity contribution is -0.142. The molecule has 1 saturated heterocycles. The largest absolute Gasteiger partial charge is 0.481 e. The first-order valence-electron chi connectivity index (χ1n) is 7.45. The number of carbonyl (C=O) groups is 1. The lowest BCUT2D eigenvalue weighted by atomic mass is 10.00. The molecule has 116 valence electrons. The molecule has 1 aromatic heterocycles. The molecule has 3 heterocycles. The van der Waals surface area contributed by atoms with Gasteiger partial charge in [0.05, 0.1) is 22.6 Å². The number of hydrogen-bond donors (Lipinski definition) is 1. The minimum absolute atomic E-state index is 0.284. The summed E-state index contributed by atoms with van der Waals surface area (Å²) in [5.74, 6) is 0.0335. The number of carboxylic acids is 1. The lowest BCUT2D eigenvalue weighted by Gasteiger charge is -2.21. The Morgan fingerprint density at radius 1 is 1.38 bits per heavy atom. The molecule has 0 radical (unpaired) electrons. The summed E-state index contributed by atoms with van der Waals surface area (Å²) in [5.41, 5.74) is 0.784. The first kappa shape index (κ1) is 14.6. The van der Waals surface area contributed by atoms with Gasteiger partial charge in [-0.05, 0) is 19.3 Å². The zero-order valence-electron chi connectivity index (χ0n) is 11.9. The second kappa shape index (κ2) is 5.44. The monoisotopic (exact) mass is 312 g/mol. The molecule has 0 aromatic carbocycles. The van der Waals surface area contributed by atoms with Crippen LogP contribution in [0, 0.1) is 5.92 Å². The second-order valence-electron chi connectivity index (χ2n) is 6.06. The van der Waals surface area contributed by atoms with E-state index in [0.717, 1.165) is 24.4 Å². The van der Waals surface area contributed by atoms with E-state index in [0.29, 0.717) is 32.2 Å². The van der Waals surface area contributed by atoms with Crippen LogP contribution in [0.3, 0.4) is 0 Å². The number of aliphatic carboxylic acids is 1. The molecule has 2 aliphatic heterocycles.